The summed E-state index contributed by atoms with van der Waals surface area (Å²) in [6.45, 7) is 18.8. The zero-order valence-electron chi connectivity index (χ0n) is 24.5. The maximum atomic E-state index is 9.59. The molecule has 5 heteroatoms. The van der Waals surface area contributed by atoms with E-state index in [-0.39, 0.29) is 20.3 Å². The van der Waals surface area contributed by atoms with E-state index in [1.165, 1.54) is 19.3 Å². The van der Waals surface area contributed by atoms with Crippen molar-refractivity contribution in [3.8, 4) is 17.6 Å². The Morgan fingerprint density at radius 1 is 0.974 bits per heavy atom. The van der Waals surface area contributed by atoms with Gasteiger partial charge in [0, 0.05) is 11.5 Å². The summed E-state index contributed by atoms with van der Waals surface area (Å²) in [6.07, 6.45) is 4.68. The van der Waals surface area contributed by atoms with Gasteiger partial charge < -0.3 is 15.2 Å². The second-order valence-electron chi connectivity index (χ2n) is 8.06. The first kappa shape index (κ1) is 42.9. The van der Waals surface area contributed by atoms with E-state index < -0.39 is 0 Å². The van der Waals surface area contributed by atoms with Crippen molar-refractivity contribution < 1.29 is 9.47 Å². The molecule has 38 heavy (non-hydrogen) atoms. The van der Waals surface area contributed by atoms with Crippen LogP contribution in [0.15, 0.2) is 36.4 Å². The maximum Gasteiger partial charge on any atom is 0.140 e. The van der Waals surface area contributed by atoms with Gasteiger partial charge in [-0.15, -0.1) is 11.6 Å². The molecule has 0 radical (unpaired) electrons. The first-order valence-electron chi connectivity index (χ1n) is 13.5. The third-order valence-corrected chi connectivity index (χ3v) is 5.83. The van der Waals surface area contributed by atoms with Crippen molar-refractivity contribution in [3.63, 3.8) is 0 Å². The molecule has 4 nitrogen and oxygen atoms in total. The van der Waals surface area contributed by atoms with E-state index in [1.54, 1.807) is 7.11 Å². The average molecular weight is 551 g/mol. The number of nitrogens with zero attached hydrogens (tertiary/aromatic N) is 1. The van der Waals surface area contributed by atoms with Gasteiger partial charge in [0.05, 0.1) is 18.6 Å². The Morgan fingerprint density at radius 3 is 1.82 bits per heavy atom. The van der Waals surface area contributed by atoms with Crippen LogP contribution in [-0.4, -0.2) is 25.6 Å². The summed E-state index contributed by atoms with van der Waals surface area (Å²) in [6, 6.07) is 14.9. The molecule has 2 N–H and O–H groups in total. The standard InChI is InChI=1S/C21H24ClNO2.C4H9N.3C2H6.2CH4/c1-5-15-12-18(13-16(14-23)20(15)25-11-10-22)21(2,3)17-6-8-19(24-4)9-7-17;5-4-2-1-3-4;3*1-2;;/h6-9,12-13H,5,10-11H2,1-4H3;4H,1-3,5H2;3*1-2H3;2*1H4. The lowest BCUT2D eigenvalue weighted by atomic mass is 9.77. The van der Waals surface area contributed by atoms with E-state index in [0.717, 1.165) is 28.9 Å². The fourth-order valence-electron chi connectivity index (χ4n) is 3.32. The van der Waals surface area contributed by atoms with Crippen LogP contribution < -0.4 is 15.2 Å². The fraction of sp³-hybridized carbons (Fsp3) is 0.606. The van der Waals surface area contributed by atoms with Crippen LogP contribution in [0.3, 0.4) is 0 Å². The van der Waals surface area contributed by atoms with Gasteiger partial charge in [-0.25, -0.2) is 0 Å². The number of rotatable bonds is 7. The summed E-state index contributed by atoms with van der Waals surface area (Å²) >= 11 is 5.73. The van der Waals surface area contributed by atoms with Crippen molar-refractivity contribution in [3.05, 3.63) is 58.7 Å². The van der Waals surface area contributed by atoms with E-state index in [9.17, 15) is 5.26 Å². The van der Waals surface area contributed by atoms with Gasteiger partial charge in [-0.1, -0.05) is 102 Å². The molecular weight excluding hydrogens is 492 g/mol. The molecule has 0 amide bonds. The summed E-state index contributed by atoms with van der Waals surface area (Å²) in [4.78, 5) is 0. The van der Waals surface area contributed by atoms with E-state index >= 15 is 0 Å². The lowest BCUT2D eigenvalue weighted by molar-refractivity contribution is 0.338. The molecule has 0 aromatic heterocycles. The Morgan fingerprint density at radius 2 is 1.47 bits per heavy atom. The molecule has 2 aromatic carbocycles. The second-order valence-corrected chi connectivity index (χ2v) is 8.44. The number of nitriles is 1. The first-order valence-corrected chi connectivity index (χ1v) is 14.1. The third-order valence-electron chi connectivity index (χ3n) is 5.67. The van der Waals surface area contributed by atoms with Gasteiger partial charge in [0.1, 0.15) is 24.2 Å². The minimum atomic E-state index is -0.243. The van der Waals surface area contributed by atoms with Gasteiger partial charge in [-0.05, 0) is 54.2 Å². The van der Waals surface area contributed by atoms with Crippen molar-refractivity contribution in [2.24, 2.45) is 5.73 Å². The number of ether oxygens (including phenoxy) is 2. The molecule has 0 aliphatic heterocycles. The quantitative estimate of drug-likeness (QED) is 0.348. The molecule has 0 unspecified atom stereocenters. The number of hydrogen-bond acceptors (Lipinski definition) is 4. The van der Waals surface area contributed by atoms with E-state index in [4.69, 9.17) is 26.8 Å². The lowest BCUT2D eigenvalue weighted by Crippen LogP contribution is -2.27. The van der Waals surface area contributed by atoms with Crippen LogP contribution in [0.25, 0.3) is 0 Å². The summed E-state index contributed by atoms with van der Waals surface area (Å²) in [5, 5.41) is 9.59. The Balaban J connectivity index is -0.000000380. The van der Waals surface area contributed by atoms with Gasteiger partial charge in [0.2, 0.25) is 0 Å². The highest BCUT2D eigenvalue weighted by molar-refractivity contribution is 6.18. The SMILES string of the molecule is C.C.CC.CC.CC.CCc1cc(C(C)(C)c2ccc(OC)cc2)cc(C#N)c1OCCCl.NC1CCC1. The smallest absolute Gasteiger partial charge is 0.140 e. The predicted molar refractivity (Wildman–Crippen MR) is 171 cm³/mol. The fourth-order valence-corrected chi connectivity index (χ4v) is 3.40. The maximum absolute atomic E-state index is 9.59. The van der Waals surface area contributed by atoms with Crippen molar-refractivity contribution >= 4 is 11.6 Å². The summed E-state index contributed by atoms with van der Waals surface area (Å²) in [5.41, 5.74) is 8.97. The number of benzene rings is 2. The van der Waals surface area contributed by atoms with Crippen molar-refractivity contribution in [1.82, 2.24) is 0 Å². The average Bonchev–Trinajstić information content (AvgIpc) is 2.93. The minimum absolute atomic E-state index is 0. The number of aryl methyl sites for hydroxylation is 1. The zero-order chi connectivity index (χ0) is 28.1. The molecular formula is C33H59ClN2O2. The third kappa shape index (κ3) is 13.5. The van der Waals surface area contributed by atoms with Crippen molar-refractivity contribution in [2.75, 3.05) is 19.6 Å². The van der Waals surface area contributed by atoms with Crippen LogP contribution in [0, 0.1) is 11.3 Å². The van der Waals surface area contributed by atoms with Crippen LogP contribution in [0.2, 0.25) is 0 Å². The summed E-state index contributed by atoms with van der Waals surface area (Å²) < 4.78 is 11.0. The molecule has 0 saturated heterocycles. The molecule has 0 spiro atoms. The van der Waals surface area contributed by atoms with Crippen molar-refractivity contribution in [1.29, 1.82) is 5.26 Å². The topological polar surface area (TPSA) is 68.3 Å². The Hall–Kier alpha value is -2.22. The molecule has 1 saturated carbocycles. The Bertz CT molecular complexity index is 855. The van der Waals surface area contributed by atoms with Crippen molar-refractivity contribution in [2.45, 2.75) is 114 Å². The monoisotopic (exact) mass is 550 g/mol. The summed E-state index contributed by atoms with van der Waals surface area (Å²) in [5.74, 6) is 1.88. The number of methoxy groups -OCH3 is 1. The van der Waals surface area contributed by atoms with Gasteiger partial charge in [-0.3, -0.25) is 0 Å². The van der Waals surface area contributed by atoms with E-state index in [1.807, 2.05) is 59.7 Å². The molecule has 0 heterocycles. The number of alkyl halides is 1. The first-order chi connectivity index (χ1) is 17.4. The number of halogens is 1. The minimum Gasteiger partial charge on any atom is -0.497 e. The highest BCUT2D eigenvalue weighted by Crippen LogP contribution is 2.37. The normalized spacial score (nSPS) is 11.1. The molecule has 2 aromatic rings. The van der Waals surface area contributed by atoms with Crippen LogP contribution in [0.1, 0.15) is 119 Å². The number of hydrogen-bond donors (Lipinski definition) is 1. The highest BCUT2D eigenvalue weighted by Gasteiger charge is 2.26. The van der Waals surface area contributed by atoms with E-state index in [0.29, 0.717) is 29.8 Å². The molecule has 220 valence electrons. The summed E-state index contributed by atoms with van der Waals surface area (Å²) in [7, 11) is 1.66. The largest absolute Gasteiger partial charge is 0.497 e. The van der Waals surface area contributed by atoms with Gasteiger partial charge in [-0.2, -0.15) is 5.26 Å². The molecule has 0 bridgehead atoms. The zero-order valence-corrected chi connectivity index (χ0v) is 25.3. The van der Waals surface area contributed by atoms with Crippen LogP contribution in [0.4, 0.5) is 0 Å². The molecule has 1 aliphatic rings. The van der Waals surface area contributed by atoms with Gasteiger partial charge in [0.15, 0.2) is 0 Å². The Labute approximate surface area is 241 Å². The predicted octanol–water partition coefficient (Wildman–Crippen LogP) is 9.92. The molecule has 0 atom stereocenters. The van der Waals surface area contributed by atoms with Crippen LogP contribution in [-0.2, 0) is 11.8 Å². The molecule has 1 aliphatic carbocycles. The molecule has 1 fully saturated rings. The van der Waals surface area contributed by atoms with E-state index in [2.05, 4.69) is 45.0 Å². The van der Waals surface area contributed by atoms with Crippen LogP contribution in [0.5, 0.6) is 11.5 Å². The van der Waals surface area contributed by atoms with Crippen LogP contribution >= 0.6 is 11.6 Å². The lowest BCUT2D eigenvalue weighted by Gasteiger charge is -2.28. The molecule has 3 rings (SSSR count). The van der Waals surface area contributed by atoms with Gasteiger partial charge in [0.25, 0.3) is 0 Å². The highest BCUT2D eigenvalue weighted by atomic mass is 35.5. The van der Waals surface area contributed by atoms with Gasteiger partial charge >= 0.3 is 0 Å². The Kier molecular flexibility index (Phi) is 28.3. The second kappa shape index (κ2) is 25.1. The number of nitrogens with two attached hydrogens (primary N) is 1.